The number of benzene rings is 1. The van der Waals surface area contributed by atoms with Crippen molar-refractivity contribution in [3.8, 4) is 0 Å². The van der Waals surface area contributed by atoms with Crippen molar-refractivity contribution >= 4 is 11.8 Å². The molecule has 25 heavy (non-hydrogen) atoms. The standard InChI is InChI=1S/C20H31N3O2/c1-16(18(24)21(5)15-17-9-7-6-8-10-17)22-11-13-23(14-12-22)19(25)20(2,3)4/h6-10,16H,11-15H2,1-5H3. The molecule has 0 radical (unpaired) electrons. The topological polar surface area (TPSA) is 43.9 Å². The molecule has 0 N–H and O–H groups in total. The summed E-state index contributed by atoms with van der Waals surface area (Å²) in [5.41, 5.74) is 0.783. The van der Waals surface area contributed by atoms with Crippen molar-refractivity contribution in [1.29, 1.82) is 0 Å². The summed E-state index contributed by atoms with van der Waals surface area (Å²) in [6.07, 6.45) is 0. The van der Waals surface area contributed by atoms with Gasteiger partial charge in [0.1, 0.15) is 0 Å². The van der Waals surface area contributed by atoms with E-state index < -0.39 is 0 Å². The minimum absolute atomic E-state index is 0.124. The van der Waals surface area contributed by atoms with Gasteiger partial charge in [-0.3, -0.25) is 14.5 Å². The maximum Gasteiger partial charge on any atom is 0.239 e. The molecular formula is C20H31N3O2. The summed E-state index contributed by atoms with van der Waals surface area (Å²) in [5.74, 6) is 0.312. The number of carbonyl (C=O) groups is 2. The average molecular weight is 345 g/mol. The summed E-state index contributed by atoms with van der Waals surface area (Å²) in [6, 6.07) is 9.86. The van der Waals surface area contributed by atoms with Crippen LogP contribution in [0, 0.1) is 5.41 Å². The van der Waals surface area contributed by atoms with Gasteiger partial charge in [0, 0.05) is 45.2 Å². The summed E-state index contributed by atoms with van der Waals surface area (Å²) in [5, 5.41) is 0. The van der Waals surface area contributed by atoms with E-state index >= 15 is 0 Å². The molecule has 0 spiro atoms. The van der Waals surface area contributed by atoms with Gasteiger partial charge in [-0.1, -0.05) is 51.1 Å². The van der Waals surface area contributed by atoms with Gasteiger partial charge in [-0.25, -0.2) is 0 Å². The Kier molecular flexibility index (Phi) is 6.22. The molecule has 5 heteroatoms. The van der Waals surface area contributed by atoms with Crippen LogP contribution in [0.2, 0.25) is 0 Å². The molecule has 0 aliphatic carbocycles. The van der Waals surface area contributed by atoms with E-state index in [1.807, 2.05) is 70.0 Å². The number of hydrogen-bond donors (Lipinski definition) is 0. The Morgan fingerprint density at radius 3 is 2.16 bits per heavy atom. The van der Waals surface area contributed by atoms with Crippen LogP contribution in [0.25, 0.3) is 0 Å². The van der Waals surface area contributed by atoms with Crippen LogP contribution in [0.4, 0.5) is 0 Å². The summed E-state index contributed by atoms with van der Waals surface area (Å²) >= 11 is 0. The van der Waals surface area contributed by atoms with E-state index in [9.17, 15) is 9.59 Å². The Morgan fingerprint density at radius 2 is 1.64 bits per heavy atom. The summed E-state index contributed by atoms with van der Waals surface area (Å²) in [6.45, 7) is 11.3. The molecule has 1 fully saturated rings. The van der Waals surface area contributed by atoms with Crippen molar-refractivity contribution in [2.24, 2.45) is 5.41 Å². The van der Waals surface area contributed by atoms with Crippen LogP contribution < -0.4 is 0 Å². The van der Waals surface area contributed by atoms with Crippen LogP contribution in [0.5, 0.6) is 0 Å². The number of carbonyl (C=O) groups excluding carboxylic acids is 2. The van der Waals surface area contributed by atoms with Crippen LogP contribution >= 0.6 is 0 Å². The molecule has 138 valence electrons. The second kappa shape index (κ2) is 8.00. The quantitative estimate of drug-likeness (QED) is 0.840. The van der Waals surface area contributed by atoms with E-state index in [4.69, 9.17) is 0 Å². The Labute approximate surface area is 151 Å². The minimum atomic E-state index is -0.348. The zero-order valence-corrected chi connectivity index (χ0v) is 16.2. The number of nitrogens with zero attached hydrogens (tertiary/aromatic N) is 3. The number of amides is 2. The molecule has 1 aliphatic rings. The summed E-state index contributed by atoms with van der Waals surface area (Å²) in [4.78, 5) is 31.0. The molecular weight excluding hydrogens is 314 g/mol. The van der Waals surface area contributed by atoms with E-state index in [2.05, 4.69) is 4.90 Å². The molecule has 1 atom stereocenters. The lowest BCUT2D eigenvalue weighted by atomic mass is 9.94. The zero-order valence-electron chi connectivity index (χ0n) is 16.2. The fourth-order valence-corrected chi connectivity index (χ4v) is 3.20. The molecule has 2 amide bonds. The molecule has 5 nitrogen and oxygen atoms in total. The van der Waals surface area contributed by atoms with Crippen LogP contribution in [0.1, 0.15) is 33.3 Å². The Morgan fingerprint density at radius 1 is 1.08 bits per heavy atom. The fourth-order valence-electron chi connectivity index (χ4n) is 3.20. The van der Waals surface area contributed by atoms with Gasteiger partial charge >= 0.3 is 0 Å². The van der Waals surface area contributed by atoms with Crippen molar-refractivity contribution in [3.63, 3.8) is 0 Å². The minimum Gasteiger partial charge on any atom is -0.340 e. The van der Waals surface area contributed by atoms with E-state index in [0.29, 0.717) is 19.6 Å². The Bertz CT molecular complexity index is 587. The lowest BCUT2D eigenvalue weighted by molar-refractivity contribution is -0.143. The second-order valence-electron chi connectivity index (χ2n) is 7.93. The van der Waals surface area contributed by atoms with Gasteiger partial charge < -0.3 is 9.80 Å². The van der Waals surface area contributed by atoms with Crippen molar-refractivity contribution < 1.29 is 9.59 Å². The summed E-state index contributed by atoms with van der Waals surface area (Å²) in [7, 11) is 1.85. The van der Waals surface area contributed by atoms with Gasteiger partial charge in [0.05, 0.1) is 6.04 Å². The lowest BCUT2D eigenvalue weighted by Crippen LogP contribution is -2.56. The normalized spacial score (nSPS) is 17.2. The average Bonchev–Trinajstić information content (AvgIpc) is 2.60. The molecule has 1 aliphatic heterocycles. The maximum absolute atomic E-state index is 12.7. The van der Waals surface area contributed by atoms with Crippen LogP contribution in [0.3, 0.4) is 0 Å². The first-order chi connectivity index (χ1) is 11.7. The largest absolute Gasteiger partial charge is 0.340 e. The van der Waals surface area contributed by atoms with E-state index in [1.165, 1.54) is 0 Å². The van der Waals surface area contributed by atoms with Gasteiger partial charge in [0.15, 0.2) is 0 Å². The van der Waals surface area contributed by atoms with Crippen molar-refractivity contribution in [3.05, 3.63) is 35.9 Å². The third-order valence-electron chi connectivity index (χ3n) is 4.79. The molecule has 0 aromatic heterocycles. The van der Waals surface area contributed by atoms with E-state index in [0.717, 1.165) is 18.7 Å². The molecule has 1 aromatic carbocycles. The van der Waals surface area contributed by atoms with E-state index in [-0.39, 0.29) is 23.3 Å². The molecule has 1 heterocycles. The molecule has 1 unspecified atom stereocenters. The first-order valence-corrected chi connectivity index (χ1v) is 9.02. The van der Waals surface area contributed by atoms with Crippen molar-refractivity contribution in [2.75, 3.05) is 33.2 Å². The predicted octanol–water partition coefficient (Wildman–Crippen LogP) is 2.22. The third kappa shape index (κ3) is 5.05. The van der Waals surface area contributed by atoms with Gasteiger partial charge in [-0.05, 0) is 12.5 Å². The van der Waals surface area contributed by atoms with Gasteiger partial charge in [0.2, 0.25) is 11.8 Å². The molecule has 2 rings (SSSR count). The Balaban J connectivity index is 1.88. The number of rotatable bonds is 4. The number of piperazine rings is 1. The van der Waals surface area contributed by atoms with Gasteiger partial charge in [-0.15, -0.1) is 0 Å². The lowest BCUT2D eigenvalue weighted by Gasteiger charge is -2.40. The number of hydrogen-bond acceptors (Lipinski definition) is 3. The maximum atomic E-state index is 12.7. The molecule has 0 bridgehead atoms. The monoisotopic (exact) mass is 345 g/mol. The molecule has 0 saturated carbocycles. The van der Waals surface area contributed by atoms with Crippen molar-refractivity contribution in [2.45, 2.75) is 40.3 Å². The van der Waals surface area contributed by atoms with Gasteiger partial charge in [0.25, 0.3) is 0 Å². The number of likely N-dealkylation sites (N-methyl/N-ethyl adjacent to an activating group) is 1. The smallest absolute Gasteiger partial charge is 0.239 e. The second-order valence-corrected chi connectivity index (χ2v) is 7.93. The molecule has 1 aromatic rings. The highest BCUT2D eigenvalue weighted by Crippen LogP contribution is 2.19. The predicted molar refractivity (Wildman–Crippen MR) is 100.0 cm³/mol. The van der Waals surface area contributed by atoms with Crippen LogP contribution in [-0.2, 0) is 16.1 Å². The highest BCUT2D eigenvalue weighted by Gasteiger charge is 2.32. The fraction of sp³-hybridized carbons (Fsp3) is 0.600. The third-order valence-corrected chi connectivity index (χ3v) is 4.79. The zero-order chi connectivity index (χ0) is 18.6. The van der Waals surface area contributed by atoms with Crippen LogP contribution in [0.15, 0.2) is 30.3 Å². The Hall–Kier alpha value is -1.88. The highest BCUT2D eigenvalue weighted by molar-refractivity contribution is 5.82. The highest BCUT2D eigenvalue weighted by atomic mass is 16.2. The van der Waals surface area contributed by atoms with E-state index in [1.54, 1.807) is 4.90 Å². The van der Waals surface area contributed by atoms with Crippen molar-refractivity contribution in [1.82, 2.24) is 14.7 Å². The SMILES string of the molecule is CC(C(=O)N(C)Cc1ccccc1)N1CCN(C(=O)C(C)(C)C)CC1. The molecule has 1 saturated heterocycles. The van der Waals surface area contributed by atoms with Crippen LogP contribution in [-0.4, -0.2) is 65.8 Å². The first kappa shape index (κ1) is 19.4. The first-order valence-electron chi connectivity index (χ1n) is 9.02. The summed E-state index contributed by atoms with van der Waals surface area (Å²) < 4.78 is 0. The van der Waals surface area contributed by atoms with Gasteiger partial charge in [-0.2, -0.15) is 0 Å².